The van der Waals surface area contributed by atoms with Gasteiger partial charge in [-0.05, 0) is 37.6 Å². The van der Waals surface area contributed by atoms with Crippen molar-refractivity contribution in [2.75, 3.05) is 20.8 Å². The van der Waals surface area contributed by atoms with Crippen LogP contribution in [-0.2, 0) is 23.8 Å². The predicted octanol–water partition coefficient (Wildman–Crippen LogP) is 2.63. The molecule has 2 aromatic rings. The molecule has 4 rings (SSSR count). The van der Waals surface area contributed by atoms with E-state index in [1.165, 1.54) is 14.2 Å². The largest absolute Gasteiger partial charge is 0.471 e. The Hall–Kier alpha value is -4.01. The van der Waals surface area contributed by atoms with E-state index in [4.69, 9.17) is 14.2 Å². The van der Waals surface area contributed by atoms with Gasteiger partial charge in [-0.25, -0.2) is 9.79 Å². The minimum atomic E-state index is -1.58. The number of esters is 2. The number of imide groups is 1. The molecule has 2 aromatic carbocycles. The zero-order valence-corrected chi connectivity index (χ0v) is 19.7. The first-order chi connectivity index (χ1) is 16.8. The zero-order chi connectivity index (χ0) is 25.2. The van der Waals surface area contributed by atoms with Crippen molar-refractivity contribution in [2.45, 2.75) is 31.4 Å². The van der Waals surface area contributed by atoms with Crippen LogP contribution in [0.1, 0.15) is 46.0 Å². The topological polar surface area (TPSA) is 112 Å². The van der Waals surface area contributed by atoms with Gasteiger partial charge in [0.2, 0.25) is 11.4 Å². The molecule has 9 heteroatoms. The number of nitrogens with zero attached hydrogens (tertiary/aromatic N) is 2. The number of hydrogen-bond acceptors (Lipinski definition) is 8. The molecular weight excluding hydrogens is 452 g/mol. The summed E-state index contributed by atoms with van der Waals surface area (Å²) in [5.41, 5.74) is -0.257. The minimum Gasteiger partial charge on any atom is -0.471 e. The second-order valence-electron chi connectivity index (χ2n) is 8.43. The summed E-state index contributed by atoms with van der Waals surface area (Å²) in [6.07, 6.45) is -0.856. The standard InChI is InChI=1S/C26H26N2O7/c1-16-26(25(32)34-3,27-22(35-16)17-9-5-4-6-10-17)18(15-21(29)33-2)13-14-28-23(30)19-11-7-8-12-20(19)24(28)31/h4-12,16,18H,13-15H2,1-3H3/t16-,18-,26+/m0/s1. The van der Waals surface area contributed by atoms with Gasteiger partial charge in [-0.1, -0.05) is 30.3 Å². The van der Waals surface area contributed by atoms with Gasteiger partial charge >= 0.3 is 11.9 Å². The number of hydrogen-bond donors (Lipinski definition) is 0. The maximum atomic E-state index is 13.2. The fraction of sp³-hybridized carbons (Fsp3) is 0.346. The first-order valence-electron chi connectivity index (χ1n) is 11.3. The van der Waals surface area contributed by atoms with Crippen LogP contribution in [0, 0.1) is 5.92 Å². The molecule has 0 bridgehead atoms. The van der Waals surface area contributed by atoms with E-state index in [2.05, 4.69) is 4.99 Å². The average Bonchev–Trinajstić information content (AvgIpc) is 3.36. The van der Waals surface area contributed by atoms with Crippen molar-refractivity contribution in [1.29, 1.82) is 0 Å². The molecule has 0 radical (unpaired) electrons. The van der Waals surface area contributed by atoms with Gasteiger partial charge in [0, 0.05) is 18.0 Å². The van der Waals surface area contributed by atoms with Crippen molar-refractivity contribution in [1.82, 2.24) is 4.90 Å². The normalized spacial score (nSPS) is 21.7. The third-order valence-electron chi connectivity index (χ3n) is 6.57. The molecule has 2 heterocycles. The summed E-state index contributed by atoms with van der Waals surface area (Å²) in [5.74, 6) is -2.59. The Bertz CT molecular complexity index is 1160. The monoisotopic (exact) mass is 478 g/mol. The lowest BCUT2D eigenvalue weighted by Crippen LogP contribution is -2.53. The van der Waals surface area contributed by atoms with Crippen molar-refractivity contribution in [3.63, 3.8) is 0 Å². The maximum absolute atomic E-state index is 13.2. The summed E-state index contributed by atoms with van der Waals surface area (Å²) in [7, 11) is 2.49. The lowest BCUT2D eigenvalue weighted by atomic mass is 9.76. The molecule has 0 saturated carbocycles. The summed E-state index contributed by atoms with van der Waals surface area (Å²) in [6, 6.07) is 15.7. The summed E-state index contributed by atoms with van der Waals surface area (Å²) in [4.78, 5) is 57.1. The van der Waals surface area contributed by atoms with Crippen LogP contribution in [0.3, 0.4) is 0 Å². The lowest BCUT2D eigenvalue weighted by Gasteiger charge is -2.34. The van der Waals surface area contributed by atoms with Crippen LogP contribution >= 0.6 is 0 Å². The van der Waals surface area contributed by atoms with Gasteiger partial charge in [0.15, 0.2) is 0 Å². The Morgan fingerprint density at radius 3 is 2.17 bits per heavy atom. The summed E-state index contributed by atoms with van der Waals surface area (Å²) < 4.78 is 16.0. The third kappa shape index (κ3) is 4.18. The van der Waals surface area contributed by atoms with E-state index in [-0.39, 0.29) is 25.3 Å². The highest BCUT2D eigenvalue weighted by molar-refractivity contribution is 6.21. The number of fused-ring (bicyclic) bond motifs is 1. The highest BCUT2D eigenvalue weighted by Gasteiger charge is 2.57. The number of rotatable bonds is 8. The molecule has 182 valence electrons. The van der Waals surface area contributed by atoms with Gasteiger partial charge in [-0.3, -0.25) is 19.3 Å². The van der Waals surface area contributed by atoms with E-state index in [1.54, 1.807) is 43.3 Å². The van der Waals surface area contributed by atoms with Crippen molar-refractivity contribution in [3.8, 4) is 0 Å². The summed E-state index contributed by atoms with van der Waals surface area (Å²) in [5, 5.41) is 0. The Labute approximate surface area is 202 Å². The molecular formula is C26H26N2O7. The molecule has 2 aliphatic heterocycles. The zero-order valence-electron chi connectivity index (χ0n) is 19.7. The number of methoxy groups -OCH3 is 2. The number of aliphatic imine (C=N–C) groups is 1. The highest BCUT2D eigenvalue weighted by Crippen LogP contribution is 2.40. The van der Waals surface area contributed by atoms with Crippen molar-refractivity contribution < 1.29 is 33.4 Å². The molecule has 9 nitrogen and oxygen atoms in total. The number of benzene rings is 2. The number of carbonyl (C=O) groups is 4. The third-order valence-corrected chi connectivity index (χ3v) is 6.57. The second kappa shape index (κ2) is 9.69. The van der Waals surface area contributed by atoms with Gasteiger partial charge in [-0.2, -0.15) is 0 Å². The van der Waals surface area contributed by atoms with Gasteiger partial charge < -0.3 is 14.2 Å². The SMILES string of the molecule is COC(=O)C[C@H](CCN1C(=O)c2ccccc2C1=O)[C@]1(C(=O)OC)N=C(c2ccccc2)O[C@H]1C. The molecule has 2 aliphatic rings. The lowest BCUT2D eigenvalue weighted by molar-refractivity contribution is -0.154. The van der Waals surface area contributed by atoms with E-state index in [1.807, 2.05) is 18.2 Å². The second-order valence-corrected chi connectivity index (χ2v) is 8.43. The molecule has 0 fully saturated rings. The molecule has 3 atom stereocenters. The Kier molecular flexibility index (Phi) is 6.68. The van der Waals surface area contributed by atoms with E-state index < -0.39 is 41.3 Å². The van der Waals surface area contributed by atoms with Gasteiger partial charge in [-0.15, -0.1) is 0 Å². The van der Waals surface area contributed by atoms with E-state index in [0.29, 0.717) is 16.7 Å². The molecule has 0 saturated heterocycles. The predicted molar refractivity (Wildman–Crippen MR) is 125 cm³/mol. The number of carbonyl (C=O) groups excluding carboxylic acids is 4. The van der Waals surface area contributed by atoms with Crippen molar-refractivity contribution in [2.24, 2.45) is 10.9 Å². The Morgan fingerprint density at radius 2 is 1.60 bits per heavy atom. The molecule has 0 N–H and O–H groups in total. The van der Waals surface area contributed by atoms with E-state index in [0.717, 1.165) is 4.90 Å². The quantitative estimate of drug-likeness (QED) is 0.424. The van der Waals surface area contributed by atoms with Gasteiger partial charge in [0.25, 0.3) is 11.8 Å². The summed E-state index contributed by atoms with van der Waals surface area (Å²) in [6.45, 7) is 1.66. The van der Waals surface area contributed by atoms with Crippen LogP contribution in [-0.4, -0.2) is 67.0 Å². The van der Waals surface area contributed by atoms with E-state index >= 15 is 0 Å². The minimum absolute atomic E-state index is 0.0182. The molecule has 35 heavy (non-hydrogen) atoms. The first-order valence-corrected chi connectivity index (χ1v) is 11.3. The molecule has 2 amide bonds. The molecule has 0 aromatic heterocycles. The molecule has 0 unspecified atom stereocenters. The van der Waals surface area contributed by atoms with Crippen LogP contribution in [0.25, 0.3) is 0 Å². The fourth-order valence-electron chi connectivity index (χ4n) is 4.71. The Balaban J connectivity index is 1.69. The van der Waals surface area contributed by atoms with Crippen molar-refractivity contribution in [3.05, 3.63) is 71.3 Å². The molecule has 0 spiro atoms. The van der Waals surface area contributed by atoms with Crippen LogP contribution in [0.2, 0.25) is 0 Å². The number of ether oxygens (including phenoxy) is 3. The summed E-state index contributed by atoms with van der Waals surface area (Å²) >= 11 is 0. The number of amides is 2. The van der Waals surface area contributed by atoms with Crippen molar-refractivity contribution >= 4 is 29.7 Å². The first kappa shape index (κ1) is 24.1. The van der Waals surface area contributed by atoms with Gasteiger partial charge in [0.05, 0.1) is 31.8 Å². The van der Waals surface area contributed by atoms with Crippen LogP contribution < -0.4 is 0 Å². The highest BCUT2D eigenvalue weighted by atomic mass is 16.5. The van der Waals surface area contributed by atoms with E-state index in [9.17, 15) is 19.2 Å². The average molecular weight is 479 g/mol. The fourth-order valence-corrected chi connectivity index (χ4v) is 4.71. The Morgan fingerprint density at radius 1 is 1.00 bits per heavy atom. The van der Waals surface area contributed by atoms with Crippen LogP contribution in [0.4, 0.5) is 0 Å². The van der Waals surface area contributed by atoms with Gasteiger partial charge in [0.1, 0.15) is 6.10 Å². The smallest absolute Gasteiger partial charge is 0.338 e. The maximum Gasteiger partial charge on any atom is 0.338 e. The van der Waals surface area contributed by atoms with Crippen LogP contribution in [0.5, 0.6) is 0 Å². The molecule has 0 aliphatic carbocycles. The van der Waals surface area contributed by atoms with Crippen LogP contribution in [0.15, 0.2) is 59.6 Å².